The summed E-state index contributed by atoms with van der Waals surface area (Å²) < 4.78 is 26.5. The largest absolute Gasteiger partial charge is 0.352 e. The third kappa shape index (κ3) is 7.46. The molecule has 2 aromatic carbocycles. The lowest BCUT2D eigenvalue weighted by atomic mass is 10.1. The van der Waals surface area contributed by atoms with E-state index in [2.05, 4.69) is 5.32 Å². The normalized spacial score (nSPS) is 12.4. The monoisotopic (exact) mass is 507 g/mol. The van der Waals surface area contributed by atoms with Gasteiger partial charge in [-0.15, -0.1) is 0 Å². The van der Waals surface area contributed by atoms with Gasteiger partial charge in [-0.1, -0.05) is 48.4 Å². The van der Waals surface area contributed by atoms with Gasteiger partial charge in [0.15, 0.2) is 0 Å². The number of rotatable bonds is 10. The molecule has 186 valence electrons. The summed E-state index contributed by atoms with van der Waals surface area (Å²) >= 11 is 6.04. The highest BCUT2D eigenvalue weighted by Crippen LogP contribution is 2.26. The molecule has 1 atom stereocenters. The van der Waals surface area contributed by atoms with Gasteiger partial charge in [0.2, 0.25) is 21.8 Å². The fourth-order valence-corrected chi connectivity index (χ4v) is 4.93. The number of amides is 2. The molecule has 0 spiro atoms. The zero-order valence-electron chi connectivity index (χ0n) is 20.6. The molecule has 0 saturated carbocycles. The summed E-state index contributed by atoms with van der Waals surface area (Å²) in [6, 6.07) is 11.7. The first-order valence-corrected chi connectivity index (χ1v) is 13.4. The summed E-state index contributed by atoms with van der Waals surface area (Å²) in [6.45, 7) is 8.98. The van der Waals surface area contributed by atoms with Crippen LogP contribution in [0.1, 0.15) is 43.9 Å². The number of halogens is 1. The Morgan fingerprint density at radius 3 is 2.29 bits per heavy atom. The molecule has 0 heterocycles. The lowest BCUT2D eigenvalue weighted by molar-refractivity contribution is -0.140. The molecule has 0 bridgehead atoms. The van der Waals surface area contributed by atoms with Crippen LogP contribution in [0.15, 0.2) is 42.5 Å². The second-order valence-corrected chi connectivity index (χ2v) is 11.1. The van der Waals surface area contributed by atoms with Crippen molar-refractivity contribution >= 4 is 39.1 Å². The number of benzene rings is 2. The van der Waals surface area contributed by atoms with Gasteiger partial charge in [0.1, 0.15) is 12.6 Å². The standard InChI is InChI=1S/C25H34ClN3O4S/c1-7-22(25(31)27-17(2)3)28(15-20-10-8-9-18(4)13-20)24(30)16-29(34(6,32)33)23-12-11-21(26)14-19(23)5/h8-14,17,22H,7,15-16H2,1-6H3,(H,27,31)/t22-/m0/s1. The molecule has 2 rings (SSSR count). The molecule has 34 heavy (non-hydrogen) atoms. The molecular formula is C25H34ClN3O4S. The first-order valence-electron chi connectivity index (χ1n) is 11.2. The van der Waals surface area contributed by atoms with E-state index in [0.29, 0.717) is 22.7 Å². The van der Waals surface area contributed by atoms with Crippen molar-refractivity contribution in [2.75, 3.05) is 17.1 Å². The maximum Gasteiger partial charge on any atom is 0.244 e. The van der Waals surface area contributed by atoms with E-state index in [1.165, 1.54) is 4.90 Å². The maximum atomic E-state index is 13.6. The predicted octanol–water partition coefficient (Wildman–Crippen LogP) is 4.05. The molecule has 2 amide bonds. The van der Waals surface area contributed by atoms with Crippen molar-refractivity contribution in [3.8, 4) is 0 Å². The van der Waals surface area contributed by atoms with Crippen LogP contribution in [0, 0.1) is 13.8 Å². The third-order valence-electron chi connectivity index (χ3n) is 5.36. The average Bonchev–Trinajstić information content (AvgIpc) is 2.71. The van der Waals surface area contributed by atoms with Crippen LogP contribution in [0.2, 0.25) is 5.02 Å². The third-order valence-corrected chi connectivity index (χ3v) is 6.72. The van der Waals surface area contributed by atoms with E-state index in [-0.39, 0.29) is 18.5 Å². The molecule has 0 fully saturated rings. The van der Waals surface area contributed by atoms with Crippen LogP contribution in [0.4, 0.5) is 5.69 Å². The minimum absolute atomic E-state index is 0.0956. The van der Waals surface area contributed by atoms with E-state index in [4.69, 9.17) is 11.6 Å². The molecule has 0 radical (unpaired) electrons. The van der Waals surface area contributed by atoms with Gasteiger partial charge in [-0.25, -0.2) is 8.42 Å². The molecule has 0 aliphatic carbocycles. The van der Waals surface area contributed by atoms with Crippen LogP contribution in [-0.2, 0) is 26.2 Å². The van der Waals surface area contributed by atoms with Gasteiger partial charge in [-0.3, -0.25) is 13.9 Å². The molecule has 2 aromatic rings. The van der Waals surface area contributed by atoms with Crippen molar-refractivity contribution in [1.29, 1.82) is 0 Å². The molecule has 0 aliphatic rings. The average molecular weight is 508 g/mol. The number of hydrogen-bond acceptors (Lipinski definition) is 4. The van der Waals surface area contributed by atoms with Crippen molar-refractivity contribution in [3.63, 3.8) is 0 Å². The number of nitrogens with zero attached hydrogens (tertiary/aromatic N) is 2. The summed E-state index contributed by atoms with van der Waals surface area (Å²) in [5, 5.41) is 3.35. The van der Waals surface area contributed by atoms with Gasteiger partial charge >= 0.3 is 0 Å². The molecular weight excluding hydrogens is 474 g/mol. The Labute approximate surface area is 208 Å². The van der Waals surface area contributed by atoms with Crippen LogP contribution in [0.25, 0.3) is 0 Å². The van der Waals surface area contributed by atoms with E-state index >= 15 is 0 Å². The summed E-state index contributed by atoms with van der Waals surface area (Å²) in [5.41, 5.74) is 2.88. The van der Waals surface area contributed by atoms with Gasteiger partial charge in [-0.2, -0.15) is 0 Å². The second kappa shape index (κ2) is 11.7. The van der Waals surface area contributed by atoms with Crippen LogP contribution in [0.5, 0.6) is 0 Å². The highest BCUT2D eigenvalue weighted by atomic mass is 35.5. The number of carbonyl (C=O) groups excluding carboxylic acids is 2. The lowest BCUT2D eigenvalue weighted by Gasteiger charge is -2.33. The van der Waals surface area contributed by atoms with E-state index in [1.54, 1.807) is 25.1 Å². The Bertz CT molecular complexity index is 1130. The zero-order valence-corrected chi connectivity index (χ0v) is 22.2. The van der Waals surface area contributed by atoms with Crippen molar-refractivity contribution in [2.24, 2.45) is 0 Å². The number of sulfonamides is 1. The lowest BCUT2D eigenvalue weighted by Crippen LogP contribution is -2.53. The molecule has 0 unspecified atom stereocenters. The fraction of sp³-hybridized carbons (Fsp3) is 0.440. The van der Waals surface area contributed by atoms with Crippen LogP contribution in [-0.4, -0.2) is 50.0 Å². The first-order chi connectivity index (χ1) is 15.8. The quantitative estimate of drug-likeness (QED) is 0.525. The van der Waals surface area contributed by atoms with Crippen LogP contribution in [0.3, 0.4) is 0 Å². The maximum absolute atomic E-state index is 13.6. The number of nitrogens with one attached hydrogen (secondary N) is 1. The van der Waals surface area contributed by atoms with Crippen molar-refractivity contribution < 1.29 is 18.0 Å². The van der Waals surface area contributed by atoms with E-state index in [1.807, 2.05) is 52.0 Å². The Hall–Kier alpha value is -2.58. The van der Waals surface area contributed by atoms with E-state index in [0.717, 1.165) is 21.7 Å². The minimum Gasteiger partial charge on any atom is -0.352 e. The Morgan fingerprint density at radius 1 is 1.09 bits per heavy atom. The van der Waals surface area contributed by atoms with Crippen LogP contribution < -0.4 is 9.62 Å². The molecule has 0 aromatic heterocycles. The Morgan fingerprint density at radius 2 is 1.76 bits per heavy atom. The van der Waals surface area contributed by atoms with Gasteiger partial charge in [0, 0.05) is 17.6 Å². The minimum atomic E-state index is -3.79. The Kier molecular flexibility index (Phi) is 9.53. The number of hydrogen-bond donors (Lipinski definition) is 1. The number of aryl methyl sites for hydroxylation is 2. The van der Waals surface area contributed by atoms with Gasteiger partial charge in [-0.05, 0) is 63.4 Å². The molecule has 1 N–H and O–H groups in total. The van der Waals surface area contributed by atoms with E-state index < -0.39 is 28.5 Å². The first kappa shape index (κ1) is 27.7. The van der Waals surface area contributed by atoms with Crippen molar-refractivity contribution in [3.05, 3.63) is 64.2 Å². The number of carbonyl (C=O) groups is 2. The second-order valence-electron chi connectivity index (χ2n) is 8.80. The summed E-state index contributed by atoms with van der Waals surface area (Å²) in [6.07, 6.45) is 1.44. The highest BCUT2D eigenvalue weighted by molar-refractivity contribution is 7.92. The molecule has 9 heteroatoms. The molecule has 0 saturated heterocycles. The van der Waals surface area contributed by atoms with Crippen LogP contribution >= 0.6 is 11.6 Å². The Balaban J connectivity index is 2.48. The van der Waals surface area contributed by atoms with Gasteiger partial charge in [0.05, 0.1) is 11.9 Å². The molecule has 7 nitrogen and oxygen atoms in total. The number of anilines is 1. The highest BCUT2D eigenvalue weighted by Gasteiger charge is 2.32. The van der Waals surface area contributed by atoms with Crippen molar-refractivity contribution in [2.45, 2.75) is 59.7 Å². The zero-order chi connectivity index (χ0) is 25.6. The SMILES string of the molecule is CC[C@@H](C(=O)NC(C)C)N(Cc1cccc(C)c1)C(=O)CN(c1ccc(Cl)cc1C)S(C)(=O)=O. The summed E-state index contributed by atoms with van der Waals surface area (Å²) in [4.78, 5) is 28.1. The summed E-state index contributed by atoms with van der Waals surface area (Å²) in [5.74, 6) is -0.737. The summed E-state index contributed by atoms with van der Waals surface area (Å²) in [7, 11) is -3.79. The van der Waals surface area contributed by atoms with Gasteiger partial charge < -0.3 is 10.2 Å². The predicted molar refractivity (Wildman–Crippen MR) is 137 cm³/mol. The van der Waals surface area contributed by atoms with Gasteiger partial charge in [0.25, 0.3) is 0 Å². The topological polar surface area (TPSA) is 86.8 Å². The fourth-order valence-electron chi connectivity index (χ4n) is 3.80. The van der Waals surface area contributed by atoms with E-state index in [9.17, 15) is 18.0 Å². The smallest absolute Gasteiger partial charge is 0.244 e. The molecule has 0 aliphatic heterocycles. The van der Waals surface area contributed by atoms with Crippen molar-refractivity contribution in [1.82, 2.24) is 10.2 Å².